The summed E-state index contributed by atoms with van der Waals surface area (Å²) in [7, 11) is 0. The highest BCUT2D eigenvalue weighted by molar-refractivity contribution is 14.1. The lowest BCUT2D eigenvalue weighted by Crippen LogP contribution is -2.29. The first-order valence-corrected chi connectivity index (χ1v) is 10.2. The molecule has 0 radical (unpaired) electrons. The number of hydrogen-bond donors (Lipinski definition) is 0. The van der Waals surface area contributed by atoms with E-state index in [1.54, 1.807) is 0 Å². The lowest BCUT2D eigenvalue weighted by atomic mass is 9.91. The molecule has 0 aliphatic heterocycles. The minimum Gasteiger partial charge on any atom is -0.451 e. The Balaban J connectivity index is 1.80. The quantitative estimate of drug-likeness (QED) is 0.389. The van der Waals surface area contributed by atoms with Crippen molar-refractivity contribution in [3.05, 3.63) is 68.8 Å². The number of hydrogen-bond acceptors (Lipinski definition) is 2. The summed E-state index contributed by atoms with van der Waals surface area (Å²) in [5, 5.41) is 0. The van der Waals surface area contributed by atoms with Crippen LogP contribution in [-0.2, 0) is 10.3 Å². The summed E-state index contributed by atoms with van der Waals surface area (Å²) in [6.45, 7) is 4.38. The highest BCUT2D eigenvalue weighted by atomic mass is 127. The van der Waals surface area contributed by atoms with Crippen molar-refractivity contribution < 1.29 is 9.53 Å². The highest BCUT2D eigenvalue weighted by Gasteiger charge is 2.39. The van der Waals surface area contributed by atoms with Crippen LogP contribution in [0.25, 0.3) is 0 Å². The summed E-state index contributed by atoms with van der Waals surface area (Å²) in [4.78, 5) is 12.8. The molecule has 1 fully saturated rings. The predicted octanol–water partition coefficient (Wildman–Crippen LogP) is 6.43. The zero-order chi connectivity index (χ0) is 17.9. The van der Waals surface area contributed by atoms with Gasteiger partial charge in [-0.25, -0.2) is 4.79 Å². The molecule has 1 atom stereocenters. The Hall–Kier alpha value is -1.36. The Kier molecular flexibility index (Phi) is 5.82. The summed E-state index contributed by atoms with van der Waals surface area (Å²) in [6.07, 6.45) is 5.12. The van der Waals surface area contributed by atoms with Gasteiger partial charge in [-0.3, -0.25) is 0 Å². The van der Waals surface area contributed by atoms with Crippen molar-refractivity contribution >= 4 is 28.6 Å². The van der Waals surface area contributed by atoms with Gasteiger partial charge in [0, 0.05) is 3.57 Å². The van der Waals surface area contributed by atoms with Crippen LogP contribution >= 0.6 is 22.6 Å². The topological polar surface area (TPSA) is 26.3 Å². The van der Waals surface area contributed by atoms with Crippen LogP contribution in [0, 0.1) is 3.57 Å². The van der Waals surface area contributed by atoms with Crippen molar-refractivity contribution in [2.24, 2.45) is 0 Å². The van der Waals surface area contributed by atoms with Crippen molar-refractivity contribution in [3.8, 4) is 0 Å². The number of benzene rings is 2. The maximum absolute atomic E-state index is 12.8. The fourth-order valence-corrected chi connectivity index (χ4v) is 3.93. The first-order chi connectivity index (χ1) is 12.0. The summed E-state index contributed by atoms with van der Waals surface area (Å²) >= 11 is 2.30. The summed E-state index contributed by atoms with van der Waals surface area (Å²) in [5.41, 5.74) is 2.57. The molecule has 2 aromatic carbocycles. The zero-order valence-electron chi connectivity index (χ0n) is 14.9. The van der Waals surface area contributed by atoms with Crippen LogP contribution in [0.4, 0.5) is 0 Å². The van der Waals surface area contributed by atoms with Gasteiger partial charge < -0.3 is 4.74 Å². The van der Waals surface area contributed by atoms with Crippen LogP contribution in [0.5, 0.6) is 0 Å². The zero-order valence-corrected chi connectivity index (χ0v) is 17.1. The fraction of sp³-hybridized carbons (Fsp3) is 0.409. The summed E-state index contributed by atoms with van der Waals surface area (Å²) < 4.78 is 7.29. The molecular formula is C22H25IO2. The van der Waals surface area contributed by atoms with Gasteiger partial charge in [0.1, 0.15) is 5.60 Å². The maximum Gasteiger partial charge on any atom is 0.339 e. The molecule has 0 N–H and O–H groups in total. The molecule has 3 heteroatoms. The SMILES string of the molecule is CCC(C)c1ccc(C(=O)OC2(c3ccc(I)cc3)CCCC2)cc1. The molecule has 1 unspecified atom stereocenters. The molecule has 0 saturated heterocycles. The van der Waals surface area contributed by atoms with E-state index in [0.29, 0.717) is 11.5 Å². The molecule has 0 aromatic heterocycles. The Bertz CT molecular complexity index is 713. The average molecular weight is 448 g/mol. The number of esters is 1. The third kappa shape index (κ3) is 4.08. The standard InChI is InChI=1S/C22H25IO2/c1-3-16(2)17-6-8-18(9-7-17)21(24)25-22(14-4-5-15-22)19-10-12-20(23)13-11-19/h6-13,16H,3-5,14-15H2,1-2H3. The summed E-state index contributed by atoms with van der Waals surface area (Å²) in [6, 6.07) is 16.3. The van der Waals surface area contributed by atoms with E-state index in [-0.39, 0.29) is 5.97 Å². The highest BCUT2D eigenvalue weighted by Crippen LogP contribution is 2.42. The first-order valence-electron chi connectivity index (χ1n) is 9.13. The smallest absolute Gasteiger partial charge is 0.339 e. The normalized spacial score (nSPS) is 17.2. The van der Waals surface area contributed by atoms with E-state index in [2.05, 4.69) is 72.8 Å². The molecule has 1 aliphatic rings. The minimum absolute atomic E-state index is 0.212. The third-order valence-electron chi connectivity index (χ3n) is 5.40. The molecule has 2 aromatic rings. The molecule has 132 valence electrons. The van der Waals surface area contributed by atoms with Crippen LogP contribution in [0.3, 0.4) is 0 Å². The second-order valence-corrected chi connectivity index (χ2v) is 8.27. The number of rotatable bonds is 5. The molecule has 0 amide bonds. The number of halogens is 1. The molecule has 1 aliphatic carbocycles. The van der Waals surface area contributed by atoms with Crippen LogP contribution in [0.2, 0.25) is 0 Å². The van der Waals surface area contributed by atoms with Crippen molar-refractivity contribution in [1.29, 1.82) is 0 Å². The second-order valence-electron chi connectivity index (χ2n) is 7.03. The van der Waals surface area contributed by atoms with Gasteiger partial charge in [-0.2, -0.15) is 0 Å². The number of carbonyl (C=O) groups is 1. The van der Waals surface area contributed by atoms with Gasteiger partial charge in [-0.05, 0) is 96.0 Å². The van der Waals surface area contributed by atoms with E-state index < -0.39 is 5.60 Å². The van der Waals surface area contributed by atoms with Crippen molar-refractivity contribution in [1.82, 2.24) is 0 Å². The van der Waals surface area contributed by atoms with Crippen molar-refractivity contribution in [2.45, 2.75) is 57.5 Å². The molecule has 0 bridgehead atoms. The molecule has 3 rings (SSSR count). The number of ether oxygens (including phenoxy) is 1. The Morgan fingerprint density at radius 1 is 1.08 bits per heavy atom. The van der Waals surface area contributed by atoms with Crippen LogP contribution in [-0.4, -0.2) is 5.97 Å². The first kappa shape index (κ1) is 18.4. The molecule has 25 heavy (non-hydrogen) atoms. The summed E-state index contributed by atoms with van der Waals surface area (Å²) in [5.74, 6) is 0.300. The Morgan fingerprint density at radius 2 is 1.68 bits per heavy atom. The van der Waals surface area contributed by atoms with Crippen molar-refractivity contribution in [2.75, 3.05) is 0 Å². The van der Waals surface area contributed by atoms with Crippen molar-refractivity contribution in [3.63, 3.8) is 0 Å². The maximum atomic E-state index is 12.8. The largest absolute Gasteiger partial charge is 0.451 e. The molecule has 2 nitrogen and oxygen atoms in total. The minimum atomic E-state index is -0.462. The average Bonchev–Trinajstić information content (AvgIpc) is 3.11. The van der Waals surface area contributed by atoms with E-state index in [0.717, 1.165) is 37.7 Å². The molecule has 0 heterocycles. The van der Waals surface area contributed by atoms with Crippen LogP contribution in [0.1, 0.15) is 73.4 Å². The van der Waals surface area contributed by atoms with E-state index >= 15 is 0 Å². The lowest BCUT2D eigenvalue weighted by molar-refractivity contribution is -0.0183. The van der Waals surface area contributed by atoms with Gasteiger partial charge in [-0.1, -0.05) is 38.1 Å². The van der Waals surface area contributed by atoms with E-state index in [4.69, 9.17) is 4.74 Å². The second kappa shape index (κ2) is 7.90. The van der Waals surface area contributed by atoms with E-state index in [1.807, 2.05) is 12.1 Å². The Morgan fingerprint density at radius 3 is 2.24 bits per heavy atom. The van der Waals surface area contributed by atoms with Gasteiger partial charge in [0.25, 0.3) is 0 Å². The predicted molar refractivity (Wildman–Crippen MR) is 110 cm³/mol. The van der Waals surface area contributed by atoms with Gasteiger partial charge in [-0.15, -0.1) is 0 Å². The third-order valence-corrected chi connectivity index (χ3v) is 6.12. The monoisotopic (exact) mass is 448 g/mol. The molecule has 1 saturated carbocycles. The molecule has 0 spiro atoms. The molecular weight excluding hydrogens is 423 g/mol. The van der Waals surface area contributed by atoms with Crippen LogP contribution in [0.15, 0.2) is 48.5 Å². The van der Waals surface area contributed by atoms with Gasteiger partial charge in [0.15, 0.2) is 0 Å². The fourth-order valence-electron chi connectivity index (χ4n) is 3.57. The van der Waals surface area contributed by atoms with Crippen LogP contribution < -0.4 is 0 Å². The van der Waals surface area contributed by atoms with Gasteiger partial charge >= 0.3 is 5.97 Å². The Labute approximate surface area is 164 Å². The van der Waals surface area contributed by atoms with E-state index in [1.165, 1.54) is 9.13 Å². The number of carbonyl (C=O) groups excluding carboxylic acids is 1. The van der Waals surface area contributed by atoms with E-state index in [9.17, 15) is 4.79 Å². The van der Waals surface area contributed by atoms with Gasteiger partial charge in [0.2, 0.25) is 0 Å². The van der Waals surface area contributed by atoms with Gasteiger partial charge in [0.05, 0.1) is 5.56 Å². The lowest BCUT2D eigenvalue weighted by Gasteiger charge is -2.30.